The molecule has 2 aromatic carbocycles. The Morgan fingerprint density at radius 3 is 1.95 bits per heavy atom. The molecule has 1 fully saturated rings. The van der Waals surface area contributed by atoms with Crippen molar-refractivity contribution in [2.45, 2.75) is 25.3 Å². The van der Waals surface area contributed by atoms with E-state index in [0.29, 0.717) is 12.0 Å². The fourth-order valence-electron chi connectivity index (χ4n) is 3.11. The second-order valence-corrected chi connectivity index (χ2v) is 5.36. The highest BCUT2D eigenvalue weighted by molar-refractivity contribution is 5.35. The maximum Gasteiger partial charge on any atom is 0.0365 e. The first-order chi connectivity index (χ1) is 9.90. The van der Waals surface area contributed by atoms with E-state index in [4.69, 9.17) is 0 Å². The number of hydrogen-bond acceptors (Lipinski definition) is 2. The largest absolute Gasteiger partial charge is 0.255 e. The lowest BCUT2D eigenvalue weighted by Crippen LogP contribution is -2.57. The molecule has 0 radical (unpaired) electrons. The van der Waals surface area contributed by atoms with Gasteiger partial charge in [-0.1, -0.05) is 67.6 Å². The van der Waals surface area contributed by atoms with Crippen molar-refractivity contribution in [3.05, 3.63) is 71.8 Å². The molecule has 1 aliphatic heterocycles. The summed E-state index contributed by atoms with van der Waals surface area (Å²) in [6.07, 6.45) is 1.25. The Balaban J connectivity index is 1.92. The maximum absolute atomic E-state index is 3.49. The average Bonchev–Trinajstić information content (AvgIpc) is 2.50. The fourth-order valence-corrected chi connectivity index (χ4v) is 3.11. The zero-order chi connectivity index (χ0) is 13.8. The van der Waals surface area contributed by atoms with E-state index < -0.39 is 0 Å². The molecule has 1 unspecified atom stereocenters. The Labute approximate surface area is 121 Å². The van der Waals surface area contributed by atoms with Gasteiger partial charge in [0, 0.05) is 25.0 Å². The number of hydrazine groups is 1. The van der Waals surface area contributed by atoms with Gasteiger partial charge in [0.05, 0.1) is 0 Å². The maximum atomic E-state index is 3.49. The number of nitrogens with zero attached hydrogens (tertiary/aromatic N) is 1. The molecule has 2 nitrogen and oxygen atoms in total. The minimum atomic E-state index is 0.449. The molecule has 1 heterocycles. The first kappa shape index (κ1) is 13.3. The van der Waals surface area contributed by atoms with Crippen LogP contribution >= 0.6 is 0 Å². The molecule has 0 bridgehead atoms. The molecule has 2 aromatic rings. The first-order valence-corrected chi connectivity index (χ1v) is 7.50. The number of nitrogens with one attached hydrogen (secondary N) is 1. The van der Waals surface area contributed by atoms with Crippen LogP contribution in [0.4, 0.5) is 0 Å². The second-order valence-electron chi connectivity index (χ2n) is 5.36. The topological polar surface area (TPSA) is 15.3 Å². The Kier molecular flexibility index (Phi) is 4.14. The molecule has 1 atom stereocenters. The van der Waals surface area contributed by atoms with E-state index in [-0.39, 0.29) is 0 Å². The SMILES string of the molecule is CCNN1CCC1C(c1ccccc1)c1ccccc1. The van der Waals surface area contributed by atoms with E-state index in [9.17, 15) is 0 Å². The molecular formula is C18H22N2. The van der Waals surface area contributed by atoms with E-state index in [2.05, 4.69) is 78.0 Å². The van der Waals surface area contributed by atoms with Gasteiger partial charge >= 0.3 is 0 Å². The Bertz CT molecular complexity index is 484. The van der Waals surface area contributed by atoms with Crippen LogP contribution in [-0.4, -0.2) is 24.1 Å². The summed E-state index contributed by atoms with van der Waals surface area (Å²) in [5.74, 6) is 0.449. The Hall–Kier alpha value is -1.64. The lowest BCUT2D eigenvalue weighted by Gasteiger charge is -2.45. The highest BCUT2D eigenvalue weighted by Crippen LogP contribution is 2.36. The predicted octanol–water partition coefficient (Wildman–Crippen LogP) is 3.42. The summed E-state index contributed by atoms with van der Waals surface area (Å²) in [5.41, 5.74) is 6.30. The van der Waals surface area contributed by atoms with Crippen LogP contribution in [0.5, 0.6) is 0 Å². The van der Waals surface area contributed by atoms with Crippen LogP contribution in [-0.2, 0) is 0 Å². The quantitative estimate of drug-likeness (QED) is 0.892. The summed E-state index contributed by atoms with van der Waals surface area (Å²) in [5, 5.41) is 2.39. The Morgan fingerprint density at radius 2 is 1.55 bits per heavy atom. The summed E-state index contributed by atoms with van der Waals surface area (Å²) in [7, 11) is 0. The monoisotopic (exact) mass is 266 g/mol. The third kappa shape index (κ3) is 2.62. The van der Waals surface area contributed by atoms with Gasteiger partial charge in [-0.15, -0.1) is 0 Å². The summed E-state index contributed by atoms with van der Waals surface area (Å²) < 4.78 is 0. The summed E-state index contributed by atoms with van der Waals surface area (Å²) >= 11 is 0. The zero-order valence-corrected chi connectivity index (χ0v) is 12.0. The van der Waals surface area contributed by atoms with Crippen LogP contribution in [0.3, 0.4) is 0 Å². The van der Waals surface area contributed by atoms with Crippen molar-refractivity contribution < 1.29 is 0 Å². The van der Waals surface area contributed by atoms with Gasteiger partial charge < -0.3 is 0 Å². The van der Waals surface area contributed by atoms with Gasteiger partial charge in [-0.2, -0.15) is 0 Å². The highest BCUT2D eigenvalue weighted by atomic mass is 15.5. The van der Waals surface area contributed by atoms with E-state index >= 15 is 0 Å². The van der Waals surface area contributed by atoms with E-state index in [0.717, 1.165) is 13.1 Å². The summed E-state index contributed by atoms with van der Waals surface area (Å²) in [4.78, 5) is 0. The smallest absolute Gasteiger partial charge is 0.0365 e. The first-order valence-electron chi connectivity index (χ1n) is 7.50. The average molecular weight is 266 g/mol. The van der Waals surface area contributed by atoms with Gasteiger partial charge in [0.2, 0.25) is 0 Å². The molecule has 0 aliphatic carbocycles. The molecule has 1 N–H and O–H groups in total. The van der Waals surface area contributed by atoms with Crippen molar-refractivity contribution in [3.8, 4) is 0 Å². The van der Waals surface area contributed by atoms with Crippen molar-refractivity contribution in [2.24, 2.45) is 0 Å². The van der Waals surface area contributed by atoms with Crippen molar-refractivity contribution in [2.75, 3.05) is 13.1 Å². The molecule has 3 rings (SSSR count). The summed E-state index contributed by atoms with van der Waals surface area (Å²) in [6, 6.07) is 22.3. The van der Waals surface area contributed by atoms with Gasteiger partial charge in [0.15, 0.2) is 0 Å². The van der Waals surface area contributed by atoms with Crippen molar-refractivity contribution in [1.29, 1.82) is 0 Å². The van der Waals surface area contributed by atoms with Crippen LogP contribution in [0, 0.1) is 0 Å². The molecule has 1 aliphatic rings. The van der Waals surface area contributed by atoms with Crippen molar-refractivity contribution >= 4 is 0 Å². The molecule has 20 heavy (non-hydrogen) atoms. The van der Waals surface area contributed by atoms with Crippen LogP contribution in [0.25, 0.3) is 0 Å². The molecule has 0 amide bonds. The molecule has 1 saturated heterocycles. The van der Waals surface area contributed by atoms with Crippen molar-refractivity contribution in [3.63, 3.8) is 0 Å². The minimum Gasteiger partial charge on any atom is -0.255 e. The standard InChI is InChI=1S/C18H22N2/c1-2-19-20-14-13-17(20)18(15-9-5-3-6-10-15)16-11-7-4-8-12-16/h3-12,17-19H,2,13-14H2,1H3. The van der Waals surface area contributed by atoms with Crippen LogP contribution in [0.2, 0.25) is 0 Å². The lowest BCUT2D eigenvalue weighted by molar-refractivity contribution is 0.0242. The summed E-state index contributed by atoms with van der Waals surface area (Å²) in [6.45, 7) is 4.30. The third-order valence-corrected chi connectivity index (χ3v) is 4.13. The van der Waals surface area contributed by atoms with Gasteiger partial charge in [0.25, 0.3) is 0 Å². The van der Waals surface area contributed by atoms with E-state index in [1.165, 1.54) is 17.5 Å². The minimum absolute atomic E-state index is 0.449. The van der Waals surface area contributed by atoms with E-state index in [1.54, 1.807) is 0 Å². The van der Waals surface area contributed by atoms with E-state index in [1.807, 2.05) is 0 Å². The van der Waals surface area contributed by atoms with Crippen LogP contribution in [0.1, 0.15) is 30.4 Å². The number of rotatable bonds is 5. The van der Waals surface area contributed by atoms with Gasteiger partial charge in [-0.05, 0) is 17.5 Å². The fraction of sp³-hybridized carbons (Fsp3) is 0.333. The molecular weight excluding hydrogens is 244 g/mol. The van der Waals surface area contributed by atoms with Gasteiger partial charge in [-0.25, -0.2) is 5.01 Å². The van der Waals surface area contributed by atoms with Gasteiger partial charge in [0.1, 0.15) is 0 Å². The van der Waals surface area contributed by atoms with Crippen LogP contribution < -0.4 is 5.43 Å². The zero-order valence-electron chi connectivity index (χ0n) is 12.0. The molecule has 0 spiro atoms. The third-order valence-electron chi connectivity index (χ3n) is 4.13. The highest BCUT2D eigenvalue weighted by Gasteiger charge is 2.36. The normalized spacial score (nSPS) is 19.0. The number of benzene rings is 2. The van der Waals surface area contributed by atoms with Crippen LogP contribution in [0.15, 0.2) is 60.7 Å². The molecule has 104 valence electrons. The predicted molar refractivity (Wildman–Crippen MR) is 83.5 cm³/mol. The van der Waals surface area contributed by atoms with Gasteiger partial charge in [-0.3, -0.25) is 5.43 Å². The number of hydrogen-bond donors (Lipinski definition) is 1. The second kappa shape index (κ2) is 6.21. The molecule has 0 saturated carbocycles. The molecule has 0 aromatic heterocycles. The Morgan fingerprint density at radius 1 is 1.00 bits per heavy atom. The van der Waals surface area contributed by atoms with Crippen molar-refractivity contribution in [1.82, 2.24) is 10.4 Å². The lowest BCUT2D eigenvalue weighted by atomic mass is 9.80. The molecule has 2 heteroatoms.